The van der Waals surface area contributed by atoms with Gasteiger partial charge in [0.25, 0.3) is 0 Å². The summed E-state index contributed by atoms with van der Waals surface area (Å²) in [7, 11) is 0. The van der Waals surface area contributed by atoms with Crippen LogP contribution in [0.15, 0.2) is 90.4 Å². The molecule has 1 amide bonds. The van der Waals surface area contributed by atoms with Gasteiger partial charge in [0.2, 0.25) is 5.91 Å². The summed E-state index contributed by atoms with van der Waals surface area (Å²) in [6.07, 6.45) is 13.6. The Balaban J connectivity index is 1.35. The molecule has 3 heterocycles. The second-order valence-electron chi connectivity index (χ2n) is 8.31. The lowest BCUT2D eigenvalue weighted by Crippen LogP contribution is -2.43. The smallest absolute Gasteiger partial charge is 0.238 e. The van der Waals surface area contributed by atoms with Crippen molar-refractivity contribution >= 4 is 11.6 Å². The molecule has 6 heteroatoms. The highest BCUT2D eigenvalue weighted by Crippen LogP contribution is 2.37. The van der Waals surface area contributed by atoms with E-state index >= 15 is 0 Å². The summed E-state index contributed by atoms with van der Waals surface area (Å²) < 4.78 is 14.3. The van der Waals surface area contributed by atoms with E-state index in [4.69, 9.17) is 9.47 Å². The van der Waals surface area contributed by atoms with Crippen molar-refractivity contribution in [3.05, 3.63) is 102 Å². The van der Waals surface area contributed by atoms with Gasteiger partial charge in [0.1, 0.15) is 18.6 Å². The Kier molecular flexibility index (Phi) is 5.69. The number of allylic oxidation sites excluding steroid dienone is 4. The highest BCUT2D eigenvalue weighted by molar-refractivity contribution is 5.92. The van der Waals surface area contributed by atoms with E-state index in [1.165, 1.54) is 0 Å². The van der Waals surface area contributed by atoms with Crippen LogP contribution in [0.1, 0.15) is 30.1 Å². The third-order valence-electron chi connectivity index (χ3n) is 6.01. The van der Waals surface area contributed by atoms with Crippen molar-refractivity contribution in [1.29, 1.82) is 0 Å². The molecule has 0 spiro atoms. The lowest BCUT2D eigenvalue weighted by Gasteiger charge is -2.38. The van der Waals surface area contributed by atoms with Gasteiger partial charge in [0, 0.05) is 30.7 Å². The second-order valence-corrected chi connectivity index (χ2v) is 8.31. The number of benzene rings is 1. The van der Waals surface area contributed by atoms with E-state index < -0.39 is 0 Å². The number of anilines is 1. The van der Waals surface area contributed by atoms with Crippen molar-refractivity contribution in [3.63, 3.8) is 0 Å². The fraction of sp³-hybridized carbons (Fsp3) is 0.269. The van der Waals surface area contributed by atoms with Crippen LogP contribution in [0.3, 0.4) is 0 Å². The summed E-state index contributed by atoms with van der Waals surface area (Å²) in [6.45, 7) is 3.85. The molecule has 5 rings (SSSR count). The molecule has 2 aliphatic heterocycles. The van der Waals surface area contributed by atoms with Gasteiger partial charge in [-0.2, -0.15) is 0 Å². The number of aromatic nitrogens is 1. The fourth-order valence-corrected chi connectivity index (χ4v) is 4.36. The van der Waals surface area contributed by atoms with Crippen LogP contribution in [0.5, 0.6) is 0 Å². The molecule has 0 fully saturated rings. The van der Waals surface area contributed by atoms with Crippen LogP contribution >= 0.6 is 0 Å². The molecule has 3 aliphatic rings. The summed E-state index contributed by atoms with van der Waals surface area (Å²) in [6, 6.07) is 11.8. The maximum atomic E-state index is 12.9. The van der Waals surface area contributed by atoms with Crippen molar-refractivity contribution in [2.45, 2.75) is 32.4 Å². The monoisotopic (exact) mass is 429 g/mol. The number of fused-ring (bicyclic) bond motifs is 1. The number of nitrogens with one attached hydrogen (secondary N) is 1. The molecule has 0 saturated heterocycles. The SMILES string of the molecule is Cc1ccc(NC(=O)CN2CCn3cccc3C2C2=COC=C(C3=CC=CCC3)O2)cc1. The largest absolute Gasteiger partial charge is 0.465 e. The molecule has 0 bridgehead atoms. The average Bonchev–Trinajstić information content (AvgIpc) is 3.30. The normalized spacial score (nSPS) is 20.3. The van der Waals surface area contributed by atoms with E-state index in [2.05, 4.69) is 45.3 Å². The Bertz CT molecular complexity index is 1120. The van der Waals surface area contributed by atoms with Crippen LogP contribution in [0.25, 0.3) is 0 Å². The molecule has 0 radical (unpaired) electrons. The second kappa shape index (κ2) is 8.93. The van der Waals surface area contributed by atoms with E-state index in [9.17, 15) is 4.79 Å². The molecule has 1 aromatic carbocycles. The van der Waals surface area contributed by atoms with Crippen molar-refractivity contribution in [3.8, 4) is 0 Å². The number of hydrogen-bond acceptors (Lipinski definition) is 4. The standard InChI is InChI=1S/C26H27N3O3/c1-19-9-11-21(12-10-19)27-25(30)16-29-15-14-28-13-5-8-22(28)26(29)24-18-31-17-23(32-24)20-6-3-2-4-7-20/h2-3,5-6,8-13,17-18,26H,4,7,14-16H2,1H3,(H,27,30). The molecule has 1 atom stereocenters. The molecular weight excluding hydrogens is 402 g/mol. The lowest BCUT2D eigenvalue weighted by atomic mass is 10.0. The zero-order chi connectivity index (χ0) is 21.9. The third-order valence-corrected chi connectivity index (χ3v) is 6.01. The first-order chi connectivity index (χ1) is 15.7. The van der Waals surface area contributed by atoms with Crippen LogP contribution in [0.2, 0.25) is 0 Å². The molecule has 2 aromatic rings. The van der Waals surface area contributed by atoms with Crippen LogP contribution in [-0.2, 0) is 20.8 Å². The Morgan fingerprint density at radius 2 is 2.03 bits per heavy atom. The van der Waals surface area contributed by atoms with Crippen LogP contribution in [0.4, 0.5) is 5.69 Å². The first-order valence-corrected chi connectivity index (χ1v) is 11.0. The maximum Gasteiger partial charge on any atom is 0.238 e. The van der Waals surface area contributed by atoms with E-state index in [-0.39, 0.29) is 18.5 Å². The minimum Gasteiger partial charge on any atom is -0.465 e. The van der Waals surface area contributed by atoms with Crippen LogP contribution < -0.4 is 5.32 Å². The number of carbonyl (C=O) groups is 1. The highest BCUT2D eigenvalue weighted by Gasteiger charge is 2.35. The zero-order valence-electron chi connectivity index (χ0n) is 18.2. The Hall–Kier alpha value is -3.51. The molecule has 1 aromatic heterocycles. The lowest BCUT2D eigenvalue weighted by molar-refractivity contribution is -0.118. The molecule has 164 valence electrons. The number of hydrogen-bond donors (Lipinski definition) is 1. The van der Waals surface area contributed by atoms with Gasteiger partial charge in [-0.3, -0.25) is 9.69 Å². The summed E-state index contributed by atoms with van der Waals surface area (Å²) >= 11 is 0. The minimum atomic E-state index is -0.203. The van der Waals surface area contributed by atoms with Crippen LogP contribution in [0, 0.1) is 6.92 Å². The number of carbonyl (C=O) groups excluding carboxylic acids is 1. The molecule has 32 heavy (non-hydrogen) atoms. The van der Waals surface area contributed by atoms with E-state index in [0.29, 0.717) is 5.76 Å². The summed E-state index contributed by atoms with van der Waals surface area (Å²) in [4.78, 5) is 15.0. The van der Waals surface area contributed by atoms with Crippen molar-refractivity contribution in [1.82, 2.24) is 9.47 Å². The van der Waals surface area contributed by atoms with Crippen molar-refractivity contribution in [2.24, 2.45) is 0 Å². The maximum absolute atomic E-state index is 12.9. The van der Waals surface area contributed by atoms with Gasteiger partial charge >= 0.3 is 0 Å². The van der Waals surface area contributed by atoms with Gasteiger partial charge in [0.15, 0.2) is 11.5 Å². The first-order valence-electron chi connectivity index (χ1n) is 11.0. The number of ether oxygens (including phenoxy) is 2. The van der Waals surface area contributed by atoms with E-state index in [0.717, 1.165) is 54.2 Å². The van der Waals surface area contributed by atoms with Gasteiger partial charge in [0.05, 0.1) is 6.54 Å². The number of nitrogens with zero attached hydrogens (tertiary/aromatic N) is 2. The van der Waals surface area contributed by atoms with Crippen molar-refractivity contribution < 1.29 is 14.3 Å². The van der Waals surface area contributed by atoms with Gasteiger partial charge in [-0.25, -0.2) is 0 Å². The molecule has 0 saturated carbocycles. The molecular formula is C26H27N3O3. The number of amides is 1. The number of rotatable bonds is 5. The summed E-state index contributed by atoms with van der Waals surface area (Å²) in [5.74, 6) is 1.38. The summed E-state index contributed by atoms with van der Waals surface area (Å²) in [5.41, 5.74) is 4.17. The minimum absolute atomic E-state index is 0.0490. The Morgan fingerprint density at radius 3 is 2.84 bits per heavy atom. The Morgan fingerprint density at radius 1 is 1.16 bits per heavy atom. The predicted octanol–water partition coefficient (Wildman–Crippen LogP) is 4.80. The van der Waals surface area contributed by atoms with Gasteiger partial charge in [-0.15, -0.1) is 0 Å². The van der Waals surface area contributed by atoms with Crippen molar-refractivity contribution in [2.75, 3.05) is 18.4 Å². The molecule has 6 nitrogen and oxygen atoms in total. The summed E-state index contributed by atoms with van der Waals surface area (Å²) in [5, 5.41) is 3.01. The molecule has 1 N–H and O–H groups in total. The number of aryl methyl sites for hydroxylation is 1. The molecule has 1 unspecified atom stereocenters. The molecule has 1 aliphatic carbocycles. The first kappa shape index (κ1) is 20.4. The predicted molar refractivity (Wildman–Crippen MR) is 123 cm³/mol. The highest BCUT2D eigenvalue weighted by atomic mass is 16.5. The average molecular weight is 430 g/mol. The van der Waals surface area contributed by atoms with E-state index in [1.807, 2.05) is 37.3 Å². The van der Waals surface area contributed by atoms with Gasteiger partial charge < -0.3 is 19.4 Å². The van der Waals surface area contributed by atoms with Gasteiger partial charge in [-0.05, 0) is 49.6 Å². The fourth-order valence-electron chi connectivity index (χ4n) is 4.36. The zero-order valence-corrected chi connectivity index (χ0v) is 18.2. The van der Waals surface area contributed by atoms with Crippen LogP contribution in [-0.4, -0.2) is 28.5 Å². The van der Waals surface area contributed by atoms with E-state index in [1.54, 1.807) is 12.5 Å². The third kappa shape index (κ3) is 4.27. The quantitative estimate of drug-likeness (QED) is 0.742. The topological polar surface area (TPSA) is 55.7 Å². The Labute approximate surface area is 188 Å². The van der Waals surface area contributed by atoms with Gasteiger partial charge in [-0.1, -0.05) is 35.9 Å².